The molecule has 0 aromatic heterocycles. The van der Waals surface area contributed by atoms with Crippen LogP contribution in [0.2, 0.25) is 0 Å². The van der Waals surface area contributed by atoms with Gasteiger partial charge in [-0.1, -0.05) is 82.9 Å². The number of nitrogens with one attached hydrogen (secondary N) is 1. The average molecular weight is 345 g/mol. The molecule has 0 amide bonds. The normalized spacial score (nSPS) is 15.6. The van der Waals surface area contributed by atoms with E-state index in [0.29, 0.717) is 6.02 Å². The maximum absolute atomic E-state index is 5.65. The van der Waals surface area contributed by atoms with Gasteiger partial charge in [0.2, 0.25) is 0 Å². The van der Waals surface area contributed by atoms with Crippen molar-refractivity contribution >= 4 is 11.7 Å². The van der Waals surface area contributed by atoms with Gasteiger partial charge < -0.3 is 10.1 Å². The molecule has 0 aliphatic carbocycles. The van der Waals surface area contributed by atoms with Crippen LogP contribution in [0.25, 0.3) is 0 Å². The Kier molecular flexibility index (Phi) is 16.5. The predicted molar refractivity (Wildman–Crippen MR) is 115 cm³/mol. The van der Waals surface area contributed by atoms with Crippen LogP contribution in [0.1, 0.15) is 58.8 Å². The molecule has 1 unspecified atom stereocenters. The van der Waals surface area contributed by atoms with Gasteiger partial charge in [-0.15, -0.1) is 0 Å². The highest BCUT2D eigenvalue weighted by Crippen LogP contribution is 2.30. The minimum absolute atomic E-state index is 0.0754. The van der Waals surface area contributed by atoms with Crippen molar-refractivity contribution in [1.29, 1.82) is 0 Å². The Morgan fingerprint density at radius 3 is 2.16 bits per heavy atom. The second-order valence-corrected chi connectivity index (χ2v) is 4.61. The highest BCUT2D eigenvalue weighted by atomic mass is 16.5. The molecule has 0 saturated carbocycles. The van der Waals surface area contributed by atoms with Crippen LogP contribution in [-0.2, 0) is 4.74 Å². The number of allylic oxidation sites excluding steroid dienone is 4. The van der Waals surface area contributed by atoms with Gasteiger partial charge in [-0.2, -0.15) is 0 Å². The summed E-state index contributed by atoms with van der Waals surface area (Å²) in [6, 6.07) is 6.94. The lowest BCUT2D eigenvalue weighted by molar-refractivity contribution is 0.206. The monoisotopic (exact) mass is 344 g/mol. The van der Waals surface area contributed by atoms with Crippen molar-refractivity contribution in [1.82, 2.24) is 0 Å². The fraction of sp³-hybridized carbons (Fsp3) is 0.409. The number of nitrogens with zero attached hydrogens (tertiary/aromatic N) is 1. The van der Waals surface area contributed by atoms with Gasteiger partial charge in [0.1, 0.15) is 6.10 Å². The Hall–Kier alpha value is -2.29. The van der Waals surface area contributed by atoms with Crippen molar-refractivity contribution in [3.05, 3.63) is 66.8 Å². The number of aryl methyl sites for hydroxylation is 1. The van der Waals surface area contributed by atoms with E-state index < -0.39 is 0 Å². The van der Waals surface area contributed by atoms with Gasteiger partial charge in [0.25, 0.3) is 6.02 Å². The topological polar surface area (TPSA) is 33.6 Å². The SMILES string of the molecule is C=C/C=C\C=C.CC.CC.CCN=C1Nc2ccc(C)cc2C(C)O1. The van der Waals surface area contributed by atoms with E-state index in [1.165, 1.54) is 11.1 Å². The number of amidine groups is 1. The lowest BCUT2D eigenvalue weighted by atomic mass is 10.0. The number of hydrogen-bond donors (Lipinski definition) is 1. The van der Waals surface area contributed by atoms with E-state index in [4.69, 9.17) is 4.74 Å². The minimum Gasteiger partial charge on any atom is -0.457 e. The largest absolute Gasteiger partial charge is 0.457 e. The molecule has 1 heterocycles. The first-order chi connectivity index (χ1) is 12.1. The van der Waals surface area contributed by atoms with Crippen LogP contribution in [0.4, 0.5) is 5.69 Å². The minimum atomic E-state index is 0.0754. The van der Waals surface area contributed by atoms with Gasteiger partial charge in [0, 0.05) is 17.8 Å². The van der Waals surface area contributed by atoms with E-state index >= 15 is 0 Å². The smallest absolute Gasteiger partial charge is 0.289 e. The first kappa shape index (κ1) is 25.0. The third kappa shape index (κ3) is 10.2. The van der Waals surface area contributed by atoms with E-state index in [-0.39, 0.29) is 6.10 Å². The van der Waals surface area contributed by atoms with Crippen LogP contribution >= 0.6 is 0 Å². The molecule has 1 aliphatic rings. The van der Waals surface area contributed by atoms with Crippen LogP contribution in [-0.4, -0.2) is 12.6 Å². The summed E-state index contributed by atoms with van der Waals surface area (Å²) in [6.45, 7) is 21.8. The van der Waals surface area contributed by atoms with Crippen LogP contribution in [0, 0.1) is 6.92 Å². The first-order valence-corrected chi connectivity index (χ1v) is 9.11. The summed E-state index contributed by atoms with van der Waals surface area (Å²) in [5, 5.41) is 3.18. The lowest BCUT2D eigenvalue weighted by Crippen LogP contribution is -2.25. The van der Waals surface area contributed by atoms with E-state index in [9.17, 15) is 0 Å². The van der Waals surface area contributed by atoms with Crippen LogP contribution < -0.4 is 5.32 Å². The second kappa shape index (κ2) is 16.6. The summed E-state index contributed by atoms with van der Waals surface area (Å²) in [5.74, 6) is 0. The van der Waals surface area contributed by atoms with Gasteiger partial charge in [-0.05, 0) is 26.8 Å². The number of fused-ring (bicyclic) bond motifs is 1. The third-order valence-electron chi connectivity index (χ3n) is 2.86. The maximum Gasteiger partial charge on any atom is 0.289 e. The van der Waals surface area contributed by atoms with Gasteiger partial charge >= 0.3 is 0 Å². The zero-order valence-corrected chi connectivity index (χ0v) is 17.1. The molecule has 1 atom stereocenters. The van der Waals surface area contributed by atoms with Crippen LogP contribution in [0.5, 0.6) is 0 Å². The molecule has 1 aromatic carbocycles. The number of hydrogen-bond acceptors (Lipinski definition) is 2. The van der Waals surface area contributed by atoms with E-state index in [1.54, 1.807) is 12.2 Å². The molecule has 1 aliphatic heterocycles. The molecular weight excluding hydrogens is 308 g/mol. The fourth-order valence-electron chi connectivity index (χ4n) is 1.89. The highest BCUT2D eigenvalue weighted by molar-refractivity contribution is 5.92. The van der Waals surface area contributed by atoms with Crippen molar-refractivity contribution in [3.63, 3.8) is 0 Å². The van der Waals surface area contributed by atoms with Crippen LogP contribution in [0.3, 0.4) is 0 Å². The fourth-order valence-corrected chi connectivity index (χ4v) is 1.89. The molecule has 3 nitrogen and oxygen atoms in total. The summed E-state index contributed by atoms with van der Waals surface area (Å²) < 4.78 is 5.65. The van der Waals surface area contributed by atoms with Crippen molar-refractivity contribution in [3.8, 4) is 0 Å². The quantitative estimate of drug-likeness (QED) is 0.609. The summed E-state index contributed by atoms with van der Waals surface area (Å²) in [4.78, 5) is 4.24. The van der Waals surface area contributed by atoms with Crippen molar-refractivity contribution in [2.45, 2.75) is 54.6 Å². The molecule has 0 radical (unpaired) electrons. The number of ether oxygens (including phenoxy) is 1. The van der Waals surface area contributed by atoms with Crippen molar-refractivity contribution in [2.24, 2.45) is 4.99 Å². The van der Waals surface area contributed by atoms with Crippen molar-refractivity contribution < 1.29 is 4.74 Å². The Morgan fingerprint density at radius 2 is 1.68 bits per heavy atom. The average Bonchev–Trinajstić information content (AvgIpc) is 2.65. The molecule has 25 heavy (non-hydrogen) atoms. The van der Waals surface area contributed by atoms with Gasteiger partial charge in [0.05, 0.1) is 0 Å². The molecule has 0 saturated heterocycles. The Balaban J connectivity index is 0. The molecule has 0 spiro atoms. The molecule has 140 valence electrons. The Bertz CT molecular complexity index is 535. The van der Waals surface area contributed by atoms with Crippen LogP contribution in [0.15, 0.2) is 60.7 Å². The second-order valence-electron chi connectivity index (χ2n) is 4.61. The van der Waals surface area contributed by atoms with E-state index in [1.807, 2.05) is 53.7 Å². The predicted octanol–water partition coefficient (Wildman–Crippen LogP) is 6.84. The number of benzene rings is 1. The van der Waals surface area contributed by atoms with Gasteiger partial charge in [-0.3, -0.25) is 0 Å². The molecule has 3 heteroatoms. The number of rotatable bonds is 3. The molecule has 0 fully saturated rings. The third-order valence-corrected chi connectivity index (χ3v) is 2.86. The van der Waals surface area contributed by atoms with Gasteiger partial charge in [-0.25, -0.2) is 4.99 Å². The highest BCUT2D eigenvalue weighted by Gasteiger charge is 2.20. The molecule has 1 aromatic rings. The first-order valence-electron chi connectivity index (χ1n) is 9.11. The van der Waals surface area contributed by atoms with Crippen molar-refractivity contribution in [2.75, 3.05) is 11.9 Å². The molecular formula is C22H36N2O. The molecule has 1 N–H and O–H groups in total. The Labute approximate surface area is 155 Å². The number of anilines is 1. The lowest BCUT2D eigenvalue weighted by Gasteiger charge is -2.26. The standard InChI is InChI=1S/C12H16N2O.C6H8.2C2H6/c1-4-13-12-14-11-6-5-8(2)7-10(11)9(3)15-12;1-3-5-6-4-2;2*1-2/h5-7,9H,4H2,1-3H3,(H,13,14);3-6H,1-2H2;2*1-2H3/b;6-5-;;. The maximum atomic E-state index is 5.65. The molecule has 2 rings (SSSR count). The summed E-state index contributed by atoms with van der Waals surface area (Å²) in [6.07, 6.45) is 7.15. The summed E-state index contributed by atoms with van der Waals surface area (Å²) in [5.41, 5.74) is 3.55. The molecule has 0 bridgehead atoms. The Morgan fingerprint density at radius 1 is 1.12 bits per heavy atom. The summed E-state index contributed by atoms with van der Waals surface area (Å²) in [7, 11) is 0. The van der Waals surface area contributed by atoms with Gasteiger partial charge in [0.15, 0.2) is 0 Å². The summed E-state index contributed by atoms with van der Waals surface area (Å²) >= 11 is 0. The zero-order valence-electron chi connectivity index (χ0n) is 17.1. The van der Waals surface area contributed by atoms with E-state index in [2.05, 4.69) is 48.6 Å². The zero-order chi connectivity index (χ0) is 19.7. The van der Waals surface area contributed by atoms with E-state index in [0.717, 1.165) is 12.2 Å². The number of aliphatic imine (C=N–C) groups is 1.